The lowest BCUT2D eigenvalue weighted by Crippen LogP contribution is -1.97. The van der Waals surface area contributed by atoms with Crippen LogP contribution in [0, 0.1) is 5.92 Å². The van der Waals surface area contributed by atoms with E-state index in [0.717, 1.165) is 5.92 Å². The Morgan fingerprint density at radius 1 is 1.15 bits per heavy atom. The van der Waals surface area contributed by atoms with E-state index in [0.29, 0.717) is 0 Å². The first kappa shape index (κ1) is 15.2. The summed E-state index contributed by atoms with van der Waals surface area (Å²) in [5, 5.41) is 0. The average molecular weight is 184 g/mol. The highest BCUT2D eigenvalue weighted by Gasteiger charge is 2.03. The first-order valence-corrected chi connectivity index (χ1v) is 5.85. The van der Waals surface area contributed by atoms with Crippen LogP contribution in [0.15, 0.2) is 12.2 Å². The van der Waals surface area contributed by atoms with Crippen molar-refractivity contribution >= 4 is 0 Å². The topological polar surface area (TPSA) is 0 Å². The van der Waals surface area contributed by atoms with Gasteiger partial charge in [-0.2, -0.15) is 0 Å². The van der Waals surface area contributed by atoms with Crippen molar-refractivity contribution in [2.75, 3.05) is 0 Å². The van der Waals surface area contributed by atoms with E-state index in [1.807, 2.05) is 13.8 Å². The summed E-state index contributed by atoms with van der Waals surface area (Å²) in [6, 6.07) is 0. The Labute approximate surface area is 85.4 Å². The third-order valence-electron chi connectivity index (χ3n) is 2.25. The molecule has 1 atom stereocenters. The van der Waals surface area contributed by atoms with Crippen LogP contribution in [-0.4, -0.2) is 0 Å². The quantitative estimate of drug-likeness (QED) is 0.498. The minimum atomic E-state index is 0.941. The Bertz CT molecular complexity index is 103. The van der Waals surface area contributed by atoms with Crippen LogP contribution < -0.4 is 0 Å². The fraction of sp³-hybridized carbons (Fsp3) is 0.846. The smallest absolute Gasteiger partial charge is 0.0323 e. The maximum absolute atomic E-state index is 3.92. The zero-order chi connectivity index (χ0) is 10.7. The summed E-state index contributed by atoms with van der Waals surface area (Å²) in [4.78, 5) is 0. The van der Waals surface area contributed by atoms with Gasteiger partial charge in [-0.05, 0) is 25.7 Å². The van der Waals surface area contributed by atoms with E-state index < -0.39 is 0 Å². The lowest BCUT2D eigenvalue weighted by atomic mass is 9.94. The molecule has 0 saturated heterocycles. The van der Waals surface area contributed by atoms with Gasteiger partial charge in [0.25, 0.3) is 0 Å². The van der Waals surface area contributed by atoms with Crippen molar-refractivity contribution in [3.05, 3.63) is 12.2 Å². The van der Waals surface area contributed by atoms with Crippen LogP contribution in [-0.2, 0) is 0 Å². The molecule has 0 rings (SSSR count). The zero-order valence-electron chi connectivity index (χ0n) is 10.3. The fourth-order valence-corrected chi connectivity index (χ4v) is 1.41. The lowest BCUT2D eigenvalue weighted by molar-refractivity contribution is 0.432. The molecule has 0 heterocycles. The Morgan fingerprint density at radius 2 is 1.69 bits per heavy atom. The van der Waals surface area contributed by atoms with Crippen LogP contribution in [0.25, 0.3) is 0 Å². The minimum absolute atomic E-state index is 0.941. The van der Waals surface area contributed by atoms with Gasteiger partial charge in [0.05, 0.1) is 0 Å². The van der Waals surface area contributed by atoms with Crippen LogP contribution in [0.2, 0.25) is 0 Å². The number of hydrogen-bond acceptors (Lipinski definition) is 0. The molecule has 13 heavy (non-hydrogen) atoms. The molecular formula is C13H28. The fourth-order valence-electron chi connectivity index (χ4n) is 1.41. The van der Waals surface area contributed by atoms with Gasteiger partial charge >= 0.3 is 0 Å². The molecular weight excluding hydrogens is 156 g/mol. The summed E-state index contributed by atoms with van der Waals surface area (Å²) in [5.74, 6) is 0.941. The van der Waals surface area contributed by atoms with Crippen LogP contribution in [0.4, 0.5) is 0 Å². The molecule has 0 heteroatoms. The SMILES string of the molecule is C=C(C)CCC(CC)CCC.CC. The maximum atomic E-state index is 3.92. The molecule has 0 fully saturated rings. The molecule has 0 aromatic carbocycles. The van der Waals surface area contributed by atoms with Crippen molar-refractivity contribution in [3.8, 4) is 0 Å². The Hall–Kier alpha value is -0.260. The molecule has 80 valence electrons. The summed E-state index contributed by atoms with van der Waals surface area (Å²) in [6.45, 7) is 14.6. The monoisotopic (exact) mass is 184 g/mol. The van der Waals surface area contributed by atoms with E-state index in [1.54, 1.807) is 0 Å². The molecule has 1 unspecified atom stereocenters. The predicted octanol–water partition coefficient (Wildman–Crippen LogP) is 5.20. The maximum Gasteiger partial charge on any atom is -0.0323 e. The van der Waals surface area contributed by atoms with Gasteiger partial charge in [0.2, 0.25) is 0 Å². The standard InChI is InChI=1S/C11H22.C2H6/c1-5-7-11(6-2)9-8-10(3)4;1-2/h11H,3,5-9H2,1-2,4H3;1-2H3. The second kappa shape index (κ2) is 11.7. The van der Waals surface area contributed by atoms with Gasteiger partial charge in [-0.1, -0.05) is 52.5 Å². The molecule has 0 amide bonds. The third-order valence-corrected chi connectivity index (χ3v) is 2.25. The van der Waals surface area contributed by atoms with E-state index in [2.05, 4.69) is 27.4 Å². The van der Waals surface area contributed by atoms with Crippen molar-refractivity contribution in [3.63, 3.8) is 0 Å². The summed E-state index contributed by atoms with van der Waals surface area (Å²) in [6.07, 6.45) is 6.62. The summed E-state index contributed by atoms with van der Waals surface area (Å²) >= 11 is 0. The second-order valence-corrected chi connectivity index (χ2v) is 3.56. The number of hydrogen-bond donors (Lipinski definition) is 0. The predicted molar refractivity (Wildman–Crippen MR) is 64.1 cm³/mol. The van der Waals surface area contributed by atoms with E-state index in [1.165, 1.54) is 37.7 Å². The molecule has 0 aliphatic rings. The highest BCUT2D eigenvalue weighted by molar-refractivity contribution is 4.87. The molecule has 0 spiro atoms. The van der Waals surface area contributed by atoms with Crippen molar-refractivity contribution in [1.29, 1.82) is 0 Å². The zero-order valence-corrected chi connectivity index (χ0v) is 10.3. The largest absolute Gasteiger partial charge is 0.100 e. The summed E-state index contributed by atoms with van der Waals surface area (Å²) in [7, 11) is 0. The molecule has 0 radical (unpaired) electrons. The highest BCUT2D eigenvalue weighted by Crippen LogP contribution is 2.18. The van der Waals surface area contributed by atoms with Gasteiger partial charge in [-0.15, -0.1) is 6.58 Å². The molecule has 0 saturated carbocycles. The molecule has 0 bridgehead atoms. The van der Waals surface area contributed by atoms with Crippen molar-refractivity contribution in [1.82, 2.24) is 0 Å². The first-order valence-electron chi connectivity index (χ1n) is 5.85. The van der Waals surface area contributed by atoms with Gasteiger partial charge in [0.15, 0.2) is 0 Å². The molecule has 0 nitrogen and oxygen atoms in total. The molecule has 0 aromatic rings. The first-order chi connectivity index (χ1) is 6.20. The van der Waals surface area contributed by atoms with Gasteiger partial charge in [0, 0.05) is 0 Å². The van der Waals surface area contributed by atoms with Gasteiger partial charge in [-0.3, -0.25) is 0 Å². The van der Waals surface area contributed by atoms with Crippen LogP contribution >= 0.6 is 0 Å². The van der Waals surface area contributed by atoms with Crippen molar-refractivity contribution in [2.45, 2.75) is 66.7 Å². The Kier molecular flexibility index (Phi) is 13.7. The molecule has 0 aromatic heterocycles. The van der Waals surface area contributed by atoms with E-state index >= 15 is 0 Å². The molecule has 0 aliphatic heterocycles. The minimum Gasteiger partial charge on any atom is -0.100 e. The number of rotatable bonds is 6. The van der Waals surface area contributed by atoms with E-state index in [-0.39, 0.29) is 0 Å². The summed E-state index contributed by atoms with van der Waals surface area (Å²) < 4.78 is 0. The Balaban J connectivity index is 0. The van der Waals surface area contributed by atoms with Crippen molar-refractivity contribution in [2.24, 2.45) is 5.92 Å². The van der Waals surface area contributed by atoms with Gasteiger partial charge < -0.3 is 0 Å². The molecule has 0 aliphatic carbocycles. The van der Waals surface area contributed by atoms with E-state index in [4.69, 9.17) is 0 Å². The van der Waals surface area contributed by atoms with Crippen molar-refractivity contribution < 1.29 is 0 Å². The van der Waals surface area contributed by atoms with Crippen LogP contribution in [0.3, 0.4) is 0 Å². The summed E-state index contributed by atoms with van der Waals surface area (Å²) in [5.41, 5.74) is 1.33. The van der Waals surface area contributed by atoms with Gasteiger partial charge in [0.1, 0.15) is 0 Å². The normalized spacial score (nSPS) is 11.5. The van der Waals surface area contributed by atoms with E-state index in [9.17, 15) is 0 Å². The van der Waals surface area contributed by atoms with Crippen LogP contribution in [0.1, 0.15) is 66.7 Å². The average Bonchev–Trinajstić information content (AvgIpc) is 2.15. The number of allylic oxidation sites excluding steroid dienone is 1. The highest BCUT2D eigenvalue weighted by atomic mass is 14.1. The lowest BCUT2D eigenvalue weighted by Gasteiger charge is -2.12. The van der Waals surface area contributed by atoms with Gasteiger partial charge in [-0.25, -0.2) is 0 Å². The molecule has 0 N–H and O–H groups in total. The third kappa shape index (κ3) is 11.7. The van der Waals surface area contributed by atoms with Crippen LogP contribution in [0.5, 0.6) is 0 Å². The second-order valence-electron chi connectivity index (χ2n) is 3.56. The Morgan fingerprint density at radius 3 is 2.00 bits per heavy atom.